The third-order valence-corrected chi connectivity index (χ3v) is 5.73. The van der Waals surface area contributed by atoms with E-state index in [4.69, 9.17) is 15.6 Å². The molecule has 0 aliphatic heterocycles. The molecular weight excluding hydrogens is 418 g/mol. The van der Waals surface area contributed by atoms with Gasteiger partial charge in [0.25, 0.3) is 5.56 Å². The second-order valence-electron chi connectivity index (χ2n) is 6.82. The number of primary sulfonamides is 1. The maximum Gasteiger partial charge on any atom is 0.267 e. The van der Waals surface area contributed by atoms with Gasteiger partial charge in [-0.25, -0.2) is 23.1 Å². The van der Waals surface area contributed by atoms with Crippen molar-refractivity contribution in [2.24, 2.45) is 5.14 Å². The number of ether oxygens (including phenoxy) is 1. The van der Waals surface area contributed by atoms with Crippen LogP contribution in [-0.4, -0.2) is 30.1 Å². The Balaban J connectivity index is 1.92. The van der Waals surface area contributed by atoms with Crippen molar-refractivity contribution in [3.8, 4) is 16.8 Å². The van der Waals surface area contributed by atoms with E-state index in [9.17, 15) is 13.2 Å². The summed E-state index contributed by atoms with van der Waals surface area (Å²) < 4.78 is 30.4. The first-order chi connectivity index (χ1) is 14.8. The molecule has 0 fully saturated rings. The number of fused-ring (bicyclic) bond motifs is 1. The molecule has 4 N–H and O–H groups in total. The predicted octanol–water partition coefficient (Wildman–Crippen LogP) is 1.82. The Hall–Kier alpha value is -3.60. The predicted molar refractivity (Wildman–Crippen MR) is 117 cm³/mol. The first kappa shape index (κ1) is 20.7. The van der Waals surface area contributed by atoms with Crippen molar-refractivity contribution in [1.29, 1.82) is 0 Å². The van der Waals surface area contributed by atoms with Crippen LogP contribution in [0.3, 0.4) is 0 Å². The second kappa shape index (κ2) is 7.91. The zero-order valence-electron chi connectivity index (χ0n) is 16.5. The van der Waals surface area contributed by atoms with Gasteiger partial charge in [0.05, 0.1) is 28.9 Å². The number of nitrogens with two attached hydrogens (primary N) is 2. The highest BCUT2D eigenvalue weighted by Gasteiger charge is 2.18. The molecule has 0 saturated carbocycles. The Morgan fingerprint density at radius 1 is 1.06 bits per heavy atom. The fourth-order valence-electron chi connectivity index (χ4n) is 3.33. The van der Waals surface area contributed by atoms with Gasteiger partial charge < -0.3 is 10.5 Å². The Labute approximate surface area is 178 Å². The number of sulfonamides is 1. The highest BCUT2D eigenvalue weighted by molar-refractivity contribution is 7.89. The van der Waals surface area contributed by atoms with Gasteiger partial charge in [0.1, 0.15) is 4.90 Å². The highest BCUT2D eigenvalue weighted by Crippen LogP contribution is 2.26. The number of pyridine rings is 1. The van der Waals surface area contributed by atoms with E-state index in [-0.39, 0.29) is 28.7 Å². The lowest BCUT2D eigenvalue weighted by atomic mass is 10.0. The van der Waals surface area contributed by atoms with Crippen molar-refractivity contribution in [3.63, 3.8) is 0 Å². The van der Waals surface area contributed by atoms with Crippen LogP contribution >= 0.6 is 0 Å². The summed E-state index contributed by atoms with van der Waals surface area (Å²) in [7, 11) is -2.59. The Morgan fingerprint density at radius 3 is 2.48 bits per heavy atom. The Bertz CT molecular complexity index is 1450. The molecule has 4 aromatic rings. The van der Waals surface area contributed by atoms with Crippen LogP contribution in [0.5, 0.6) is 0 Å². The summed E-state index contributed by atoms with van der Waals surface area (Å²) in [6, 6.07) is 15.3. The standard InChI is InChI=1S/C21H19N5O4S/c1-30-12-18-19(31(23,28)29)10-14(11-24-18)13-7-8-17-16(9-13)20(27)26(21(22)25-17)15-5-3-2-4-6-15/h2-11H,12H2,1H3,(H2,22,25)(H2,23,28,29). The minimum atomic E-state index is -4.02. The normalized spacial score (nSPS) is 11.7. The number of benzene rings is 2. The van der Waals surface area contributed by atoms with E-state index in [2.05, 4.69) is 9.97 Å². The summed E-state index contributed by atoms with van der Waals surface area (Å²) in [6.45, 7) is -0.00521. The van der Waals surface area contributed by atoms with Gasteiger partial charge in [0.15, 0.2) is 0 Å². The Morgan fingerprint density at radius 2 is 1.81 bits per heavy atom. The average Bonchev–Trinajstić information content (AvgIpc) is 2.74. The van der Waals surface area contributed by atoms with Crippen LogP contribution in [0, 0.1) is 0 Å². The van der Waals surface area contributed by atoms with Crippen LogP contribution in [0.25, 0.3) is 27.7 Å². The van der Waals surface area contributed by atoms with Crippen LogP contribution in [0.4, 0.5) is 5.95 Å². The number of anilines is 1. The number of rotatable bonds is 5. The first-order valence-electron chi connectivity index (χ1n) is 9.18. The molecule has 4 rings (SSSR count). The molecule has 0 amide bonds. The largest absolute Gasteiger partial charge is 0.378 e. The van der Waals surface area contributed by atoms with Crippen molar-refractivity contribution in [3.05, 3.63) is 76.8 Å². The van der Waals surface area contributed by atoms with Crippen LogP contribution < -0.4 is 16.4 Å². The van der Waals surface area contributed by atoms with E-state index in [1.807, 2.05) is 6.07 Å². The molecular formula is C21H19N5O4S. The van der Waals surface area contributed by atoms with E-state index in [1.165, 1.54) is 23.9 Å². The van der Waals surface area contributed by atoms with E-state index in [0.717, 1.165) is 0 Å². The number of para-hydroxylation sites is 1. The molecule has 0 atom stereocenters. The van der Waals surface area contributed by atoms with Gasteiger partial charge >= 0.3 is 0 Å². The molecule has 0 radical (unpaired) electrons. The van der Waals surface area contributed by atoms with Gasteiger partial charge in [-0.3, -0.25) is 9.78 Å². The van der Waals surface area contributed by atoms with Gasteiger partial charge in [-0.05, 0) is 35.9 Å². The molecule has 0 aliphatic rings. The van der Waals surface area contributed by atoms with Gasteiger partial charge in [0.2, 0.25) is 16.0 Å². The summed E-state index contributed by atoms with van der Waals surface area (Å²) in [5.41, 5.74) is 7.97. The van der Waals surface area contributed by atoms with Gasteiger partial charge in [0, 0.05) is 18.9 Å². The zero-order chi connectivity index (χ0) is 22.2. The van der Waals surface area contributed by atoms with Crippen molar-refractivity contribution >= 4 is 26.9 Å². The molecule has 158 valence electrons. The topological polar surface area (TPSA) is 143 Å². The highest BCUT2D eigenvalue weighted by atomic mass is 32.2. The lowest BCUT2D eigenvalue weighted by molar-refractivity contribution is 0.179. The molecule has 31 heavy (non-hydrogen) atoms. The number of aromatic nitrogens is 3. The van der Waals surface area contributed by atoms with E-state index < -0.39 is 10.0 Å². The molecule has 0 bridgehead atoms. The van der Waals surface area contributed by atoms with E-state index in [0.29, 0.717) is 27.7 Å². The number of methoxy groups -OCH3 is 1. The summed E-state index contributed by atoms with van der Waals surface area (Å²) in [4.78, 5) is 21.6. The molecule has 0 aliphatic carbocycles. The minimum Gasteiger partial charge on any atom is -0.378 e. The quantitative estimate of drug-likeness (QED) is 0.485. The van der Waals surface area contributed by atoms with Crippen molar-refractivity contribution in [1.82, 2.24) is 14.5 Å². The maximum absolute atomic E-state index is 13.2. The van der Waals surface area contributed by atoms with Crippen LogP contribution in [0.1, 0.15) is 5.69 Å². The molecule has 0 spiro atoms. The fraction of sp³-hybridized carbons (Fsp3) is 0.0952. The number of nitrogens with zero attached hydrogens (tertiary/aromatic N) is 3. The molecule has 2 aromatic carbocycles. The number of hydrogen-bond acceptors (Lipinski definition) is 7. The first-order valence-corrected chi connectivity index (χ1v) is 10.7. The third-order valence-electron chi connectivity index (χ3n) is 4.76. The molecule has 10 heteroatoms. The minimum absolute atomic E-state index is 0.00521. The summed E-state index contributed by atoms with van der Waals surface area (Å²) in [5.74, 6) is 0.0681. The van der Waals surface area contributed by atoms with Crippen molar-refractivity contribution in [2.75, 3.05) is 12.8 Å². The van der Waals surface area contributed by atoms with Gasteiger partial charge in [-0.1, -0.05) is 24.3 Å². The average molecular weight is 437 g/mol. The number of hydrogen-bond donors (Lipinski definition) is 2. The lowest BCUT2D eigenvalue weighted by Gasteiger charge is -2.12. The van der Waals surface area contributed by atoms with E-state index >= 15 is 0 Å². The summed E-state index contributed by atoms with van der Waals surface area (Å²) >= 11 is 0. The Kier molecular flexibility index (Phi) is 5.27. The van der Waals surface area contributed by atoms with Gasteiger partial charge in [-0.15, -0.1) is 0 Å². The SMILES string of the molecule is COCc1ncc(-c2ccc3nc(N)n(-c4ccccc4)c(=O)c3c2)cc1S(N)(=O)=O. The summed E-state index contributed by atoms with van der Waals surface area (Å²) in [5, 5.41) is 5.68. The lowest BCUT2D eigenvalue weighted by Crippen LogP contribution is -2.23. The molecule has 2 heterocycles. The molecule has 0 saturated heterocycles. The summed E-state index contributed by atoms with van der Waals surface area (Å²) in [6.07, 6.45) is 1.50. The van der Waals surface area contributed by atoms with Gasteiger partial charge in [-0.2, -0.15) is 0 Å². The zero-order valence-corrected chi connectivity index (χ0v) is 17.3. The van der Waals surface area contributed by atoms with Crippen LogP contribution in [-0.2, 0) is 21.4 Å². The molecule has 9 nitrogen and oxygen atoms in total. The number of nitrogen functional groups attached to an aromatic ring is 1. The van der Waals surface area contributed by atoms with Crippen molar-refractivity contribution in [2.45, 2.75) is 11.5 Å². The van der Waals surface area contributed by atoms with Crippen LogP contribution in [0.15, 0.2) is 70.5 Å². The smallest absolute Gasteiger partial charge is 0.267 e. The fourth-order valence-corrected chi connectivity index (χ4v) is 4.06. The molecule has 2 aromatic heterocycles. The van der Waals surface area contributed by atoms with Crippen LogP contribution in [0.2, 0.25) is 0 Å². The van der Waals surface area contributed by atoms with E-state index in [1.54, 1.807) is 42.5 Å². The third kappa shape index (κ3) is 3.91. The maximum atomic E-state index is 13.2. The second-order valence-corrected chi connectivity index (χ2v) is 8.35. The monoisotopic (exact) mass is 437 g/mol. The molecule has 0 unspecified atom stereocenters. The van der Waals surface area contributed by atoms with Crippen molar-refractivity contribution < 1.29 is 13.2 Å².